The summed E-state index contributed by atoms with van der Waals surface area (Å²) in [6.07, 6.45) is 2.59. The quantitative estimate of drug-likeness (QED) is 0.531. The van der Waals surface area contributed by atoms with Crippen LogP contribution in [0.2, 0.25) is 0 Å². The zero-order valence-corrected chi connectivity index (χ0v) is 12.2. The Morgan fingerprint density at radius 2 is 1.94 bits per heavy atom. The number of aromatic amines is 1. The summed E-state index contributed by atoms with van der Waals surface area (Å²) < 4.78 is 21.1. The fourth-order valence-electron chi connectivity index (χ4n) is 0.980. The summed E-state index contributed by atoms with van der Waals surface area (Å²) in [4.78, 5) is 28.5. The largest absolute Gasteiger partial charge is 0.407 e. The standard InChI is InChI=1S/C5H8N2.C4H12O5P2/c1-6-5-3-2-4-7-5;1-2-3-4-10(5,6)11(7,8)9/h2-4,6-7H,1H3;2-4H2,1H3,(H,5,6)(H2,7,8,9). The Labute approximate surface area is 106 Å². The number of nitrogens with one attached hydrogen (secondary N) is 2. The molecule has 1 rings (SSSR count). The maximum Gasteiger partial charge on any atom is 0.407 e. The lowest BCUT2D eigenvalue weighted by Crippen LogP contribution is -1.89. The predicted molar refractivity (Wildman–Crippen MR) is 72.0 cm³/mol. The minimum absolute atomic E-state index is 0.298. The Morgan fingerprint density at radius 3 is 2.22 bits per heavy atom. The van der Waals surface area contributed by atoms with Crippen LogP contribution < -0.4 is 5.32 Å². The van der Waals surface area contributed by atoms with E-state index < -0.39 is 14.3 Å². The molecule has 0 aliphatic carbocycles. The van der Waals surface area contributed by atoms with Gasteiger partial charge < -0.3 is 25.0 Å². The van der Waals surface area contributed by atoms with E-state index in [0.717, 1.165) is 5.82 Å². The molecule has 1 aromatic rings. The second kappa shape index (κ2) is 7.77. The Morgan fingerprint density at radius 1 is 1.33 bits per heavy atom. The van der Waals surface area contributed by atoms with Gasteiger partial charge in [-0.05, 0) is 18.6 Å². The van der Waals surface area contributed by atoms with Crippen LogP contribution >= 0.6 is 14.3 Å². The maximum atomic E-state index is 10.8. The molecule has 0 amide bonds. The molecule has 1 heterocycles. The Bertz CT molecular complexity index is 415. The highest BCUT2D eigenvalue weighted by molar-refractivity contribution is 8.28. The van der Waals surface area contributed by atoms with Crippen molar-refractivity contribution < 1.29 is 23.8 Å². The zero-order valence-electron chi connectivity index (χ0n) is 10.4. The maximum absolute atomic E-state index is 10.8. The van der Waals surface area contributed by atoms with Gasteiger partial charge in [-0.15, -0.1) is 0 Å². The van der Waals surface area contributed by atoms with Crippen molar-refractivity contribution in [3.63, 3.8) is 0 Å². The molecule has 106 valence electrons. The van der Waals surface area contributed by atoms with Gasteiger partial charge in [0.25, 0.3) is 0 Å². The van der Waals surface area contributed by atoms with Crippen LogP contribution in [0.3, 0.4) is 0 Å². The van der Waals surface area contributed by atoms with Crippen molar-refractivity contribution in [3.8, 4) is 0 Å². The molecule has 1 atom stereocenters. The average molecular weight is 298 g/mol. The van der Waals surface area contributed by atoms with E-state index in [1.54, 1.807) is 6.92 Å². The van der Waals surface area contributed by atoms with E-state index in [9.17, 15) is 9.13 Å². The first kappa shape index (κ1) is 17.4. The van der Waals surface area contributed by atoms with Crippen LogP contribution in [-0.4, -0.2) is 32.9 Å². The van der Waals surface area contributed by atoms with Crippen LogP contribution in [0.5, 0.6) is 0 Å². The van der Waals surface area contributed by atoms with Crippen LogP contribution in [0.1, 0.15) is 19.8 Å². The molecule has 0 radical (unpaired) electrons. The molecule has 0 aromatic carbocycles. The Kier molecular flexibility index (Phi) is 7.52. The second-order valence-corrected chi connectivity index (χ2v) is 9.83. The SMILES string of the molecule is CCCCP(=O)(O)P(=O)(O)O.CNc1ccc[nH]1. The van der Waals surface area contributed by atoms with Gasteiger partial charge in [0.05, 0.1) is 0 Å². The summed E-state index contributed by atoms with van der Waals surface area (Å²) in [5.41, 5.74) is 0. The number of unbranched alkanes of at least 4 members (excludes halogenated alkanes) is 1. The highest BCUT2D eigenvalue weighted by atomic mass is 32.1. The first-order valence-corrected chi connectivity index (χ1v) is 9.60. The summed E-state index contributed by atoms with van der Waals surface area (Å²) in [6, 6.07) is 3.92. The number of hydrogen-bond acceptors (Lipinski definition) is 3. The summed E-state index contributed by atoms with van der Waals surface area (Å²) in [5.74, 6) is 1.06. The second-order valence-electron chi connectivity index (χ2n) is 3.59. The Balaban J connectivity index is 0.000000351. The molecule has 18 heavy (non-hydrogen) atoms. The van der Waals surface area contributed by atoms with Crippen molar-refractivity contribution in [3.05, 3.63) is 18.3 Å². The molecule has 0 aliphatic heterocycles. The van der Waals surface area contributed by atoms with E-state index in [0.29, 0.717) is 12.8 Å². The van der Waals surface area contributed by atoms with E-state index >= 15 is 0 Å². The number of anilines is 1. The molecule has 9 heteroatoms. The summed E-state index contributed by atoms with van der Waals surface area (Å²) in [5, 5.41) is 2.95. The fraction of sp³-hybridized carbons (Fsp3) is 0.556. The van der Waals surface area contributed by atoms with Gasteiger partial charge in [-0.3, -0.25) is 4.57 Å². The molecule has 1 unspecified atom stereocenters. The lowest BCUT2D eigenvalue weighted by molar-refractivity contribution is 0.376. The van der Waals surface area contributed by atoms with Crippen LogP contribution in [-0.2, 0) is 9.13 Å². The van der Waals surface area contributed by atoms with Crippen LogP contribution in [0.4, 0.5) is 5.82 Å². The van der Waals surface area contributed by atoms with E-state index in [2.05, 4.69) is 10.3 Å². The van der Waals surface area contributed by atoms with Crippen LogP contribution in [0.15, 0.2) is 18.3 Å². The molecule has 0 aliphatic rings. The minimum atomic E-state index is -4.79. The molecule has 0 bridgehead atoms. The van der Waals surface area contributed by atoms with Crippen molar-refractivity contribution in [1.29, 1.82) is 0 Å². The molecular weight excluding hydrogens is 278 g/mol. The highest BCUT2D eigenvalue weighted by Crippen LogP contribution is 2.74. The summed E-state index contributed by atoms with van der Waals surface area (Å²) in [6.45, 7) is 1.78. The van der Waals surface area contributed by atoms with Crippen molar-refractivity contribution in [2.75, 3.05) is 18.5 Å². The zero-order chi connectivity index (χ0) is 14.2. The van der Waals surface area contributed by atoms with Gasteiger partial charge in [0.2, 0.25) is 0 Å². The summed E-state index contributed by atoms with van der Waals surface area (Å²) >= 11 is 0. The van der Waals surface area contributed by atoms with Gasteiger partial charge in [0.15, 0.2) is 0 Å². The predicted octanol–water partition coefficient (Wildman–Crippen LogP) is 2.21. The van der Waals surface area contributed by atoms with E-state index in [1.165, 1.54) is 0 Å². The topological polar surface area (TPSA) is 123 Å². The van der Waals surface area contributed by atoms with Crippen molar-refractivity contribution in [2.45, 2.75) is 19.8 Å². The molecule has 0 saturated heterocycles. The molecule has 5 N–H and O–H groups in total. The highest BCUT2D eigenvalue weighted by Gasteiger charge is 2.38. The normalized spacial score (nSPS) is 14.3. The molecule has 7 nitrogen and oxygen atoms in total. The lowest BCUT2D eigenvalue weighted by atomic mass is 10.4. The van der Waals surface area contributed by atoms with Crippen LogP contribution in [0.25, 0.3) is 0 Å². The van der Waals surface area contributed by atoms with Gasteiger partial charge in [-0.2, -0.15) is 0 Å². The van der Waals surface area contributed by atoms with Crippen molar-refractivity contribution in [2.24, 2.45) is 0 Å². The fourth-order valence-corrected chi connectivity index (χ4v) is 3.17. The first-order valence-electron chi connectivity index (χ1n) is 5.43. The third kappa shape index (κ3) is 6.38. The van der Waals surface area contributed by atoms with Gasteiger partial charge >= 0.3 is 14.3 Å². The minimum Gasteiger partial charge on any atom is -0.375 e. The Hall–Kier alpha value is -0.580. The summed E-state index contributed by atoms with van der Waals surface area (Å²) in [7, 11) is -7.13. The lowest BCUT2D eigenvalue weighted by Gasteiger charge is -2.11. The van der Waals surface area contributed by atoms with Crippen molar-refractivity contribution in [1.82, 2.24) is 4.98 Å². The van der Waals surface area contributed by atoms with Gasteiger partial charge in [-0.1, -0.05) is 13.3 Å². The number of aromatic nitrogens is 1. The monoisotopic (exact) mass is 298 g/mol. The molecule has 0 fully saturated rings. The molecule has 0 spiro atoms. The van der Waals surface area contributed by atoms with E-state index in [-0.39, 0.29) is 6.16 Å². The number of rotatable bonds is 5. The molecule has 0 saturated carbocycles. The third-order valence-electron chi connectivity index (χ3n) is 2.08. The number of H-pyrrole nitrogens is 1. The molecular formula is C9H20N2O5P2. The smallest absolute Gasteiger partial charge is 0.375 e. The van der Waals surface area contributed by atoms with Gasteiger partial charge in [0, 0.05) is 19.4 Å². The third-order valence-corrected chi connectivity index (χ3v) is 6.83. The van der Waals surface area contributed by atoms with Crippen LogP contribution in [0, 0.1) is 0 Å². The van der Waals surface area contributed by atoms with E-state index in [1.807, 2.05) is 25.4 Å². The van der Waals surface area contributed by atoms with Gasteiger partial charge in [0.1, 0.15) is 5.82 Å². The average Bonchev–Trinajstić information content (AvgIpc) is 2.78. The molecule has 1 aromatic heterocycles. The van der Waals surface area contributed by atoms with Crippen molar-refractivity contribution >= 4 is 20.2 Å². The number of hydrogen-bond donors (Lipinski definition) is 5. The first-order chi connectivity index (χ1) is 8.24. The van der Waals surface area contributed by atoms with Gasteiger partial charge in [-0.25, -0.2) is 4.57 Å². The van der Waals surface area contributed by atoms with E-state index in [4.69, 9.17) is 14.7 Å².